The fourth-order valence-electron chi connectivity index (χ4n) is 2.64. The van der Waals surface area contributed by atoms with Gasteiger partial charge in [0.05, 0.1) is 18.0 Å². The fraction of sp³-hybridized carbons (Fsp3) is 0.571. The predicted octanol–water partition coefficient (Wildman–Crippen LogP) is 2.54. The molecule has 2 aromatic rings. The predicted molar refractivity (Wildman–Crippen MR) is 77.4 cm³/mol. The van der Waals surface area contributed by atoms with Crippen molar-refractivity contribution in [2.45, 2.75) is 38.3 Å². The van der Waals surface area contributed by atoms with Gasteiger partial charge < -0.3 is 9.52 Å². The molecule has 1 aliphatic rings. The van der Waals surface area contributed by atoms with Crippen molar-refractivity contribution < 1.29 is 9.52 Å². The number of likely N-dealkylation sites (tertiary alicyclic amines) is 1. The maximum atomic E-state index is 9.51. The van der Waals surface area contributed by atoms with E-state index in [4.69, 9.17) is 4.42 Å². The zero-order valence-electron chi connectivity index (χ0n) is 11.4. The van der Waals surface area contributed by atoms with Crippen molar-refractivity contribution in [1.82, 2.24) is 15.1 Å². The van der Waals surface area contributed by atoms with Gasteiger partial charge in [-0.25, -0.2) is 0 Å². The summed E-state index contributed by atoms with van der Waals surface area (Å²) in [5.41, 5.74) is 0. The third-order valence-corrected chi connectivity index (χ3v) is 4.60. The largest absolute Gasteiger partial charge is 0.419 e. The van der Waals surface area contributed by atoms with Gasteiger partial charge in [0.2, 0.25) is 5.89 Å². The second-order valence-corrected chi connectivity index (χ2v) is 6.08. The smallest absolute Gasteiger partial charge is 0.257 e. The molecule has 1 aliphatic heterocycles. The Morgan fingerprint density at radius 3 is 3.10 bits per heavy atom. The molecule has 0 aliphatic carbocycles. The Morgan fingerprint density at radius 1 is 1.35 bits per heavy atom. The van der Waals surface area contributed by atoms with Gasteiger partial charge in [0.15, 0.2) is 0 Å². The van der Waals surface area contributed by atoms with Crippen LogP contribution in [0.15, 0.2) is 21.9 Å². The summed E-state index contributed by atoms with van der Waals surface area (Å²) in [6, 6.07) is 4.17. The average Bonchev–Trinajstić information content (AvgIpc) is 3.08. The van der Waals surface area contributed by atoms with E-state index >= 15 is 0 Å². The Hall–Kier alpha value is -1.24. The first-order valence-corrected chi connectivity index (χ1v) is 7.96. The summed E-state index contributed by atoms with van der Waals surface area (Å²) in [7, 11) is 0. The monoisotopic (exact) mass is 293 g/mol. The molecule has 1 unspecified atom stereocenters. The molecule has 1 atom stereocenters. The molecule has 0 amide bonds. The summed E-state index contributed by atoms with van der Waals surface area (Å²) < 4.78 is 5.73. The van der Waals surface area contributed by atoms with Gasteiger partial charge in [-0.1, -0.05) is 18.9 Å². The molecule has 2 aromatic heterocycles. The number of thiophene rings is 1. The van der Waals surface area contributed by atoms with Gasteiger partial charge in [-0.3, -0.25) is 4.90 Å². The van der Waals surface area contributed by atoms with Gasteiger partial charge in [0.25, 0.3) is 5.89 Å². The molecule has 1 N–H and O–H groups in total. The van der Waals surface area contributed by atoms with Crippen LogP contribution in [-0.4, -0.2) is 39.4 Å². The zero-order valence-corrected chi connectivity index (χ0v) is 12.2. The second-order valence-electron chi connectivity index (χ2n) is 5.13. The third-order valence-electron chi connectivity index (χ3n) is 3.75. The molecule has 6 heteroatoms. The number of hydrogen-bond acceptors (Lipinski definition) is 6. The van der Waals surface area contributed by atoms with Crippen LogP contribution in [0.4, 0.5) is 0 Å². The van der Waals surface area contributed by atoms with Gasteiger partial charge in [-0.05, 0) is 30.8 Å². The molecule has 108 valence electrons. The average molecular weight is 293 g/mol. The molecule has 0 saturated carbocycles. The van der Waals surface area contributed by atoms with Crippen LogP contribution in [0.2, 0.25) is 0 Å². The Bertz CT molecular complexity index is 526. The SMILES string of the molecule is OCC1CCCCCN1Cc1nnc(-c2cccs2)o1. The maximum absolute atomic E-state index is 9.51. The van der Waals surface area contributed by atoms with Crippen molar-refractivity contribution in [2.24, 2.45) is 0 Å². The first-order chi connectivity index (χ1) is 9.86. The molecule has 0 spiro atoms. The first-order valence-electron chi connectivity index (χ1n) is 7.08. The Labute approximate surface area is 122 Å². The summed E-state index contributed by atoms with van der Waals surface area (Å²) >= 11 is 1.59. The molecule has 1 fully saturated rings. The molecule has 3 rings (SSSR count). The quantitative estimate of drug-likeness (QED) is 0.938. The van der Waals surface area contributed by atoms with Crippen molar-refractivity contribution in [3.8, 4) is 10.8 Å². The lowest BCUT2D eigenvalue weighted by Crippen LogP contribution is -2.37. The molecule has 1 saturated heterocycles. The van der Waals surface area contributed by atoms with Gasteiger partial charge in [-0.15, -0.1) is 21.5 Å². The normalized spacial score (nSPS) is 20.9. The van der Waals surface area contributed by atoms with E-state index in [0.29, 0.717) is 18.3 Å². The summed E-state index contributed by atoms with van der Waals surface area (Å²) in [6.07, 6.45) is 4.63. The maximum Gasteiger partial charge on any atom is 0.257 e. The number of nitrogens with zero attached hydrogens (tertiary/aromatic N) is 3. The number of aromatic nitrogens is 2. The standard InChI is InChI=1S/C14H19N3O2S/c18-10-11-5-2-1-3-7-17(11)9-13-15-16-14(19-13)12-6-4-8-20-12/h4,6,8,11,18H,1-3,5,7,9-10H2. The topological polar surface area (TPSA) is 62.4 Å². The lowest BCUT2D eigenvalue weighted by Gasteiger charge is -2.26. The summed E-state index contributed by atoms with van der Waals surface area (Å²) in [4.78, 5) is 3.26. The molecular formula is C14H19N3O2S. The van der Waals surface area contributed by atoms with Gasteiger partial charge in [-0.2, -0.15) is 0 Å². The van der Waals surface area contributed by atoms with Crippen LogP contribution in [0, 0.1) is 0 Å². The van der Waals surface area contributed by atoms with Crippen molar-refractivity contribution in [1.29, 1.82) is 0 Å². The molecular weight excluding hydrogens is 274 g/mol. The lowest BCUT2D eigenvalue weighted by molar-refractivity contribution is 0.110. The van der Waals surface area contributed by atoms with Crippen molar-refractivity contribution >= 4 is 11.3 Å². The zero-order chi connectivity index (χ0) is 13.8. The molecule has 0 aromatic carbocycles. The Kier molecular flexibility index (Phi) is 4.44. The van der Waals surface area contributed by atoms with E-state index in [1.807, 2.05) is 17.5 Å². The lowest BCUT2D eigenvalue weighted by atomic mass is 10.1. The van der Waals surface area contributed by atoms with E-state index in [9.17, 15) is 5.11 Å². The molecule has 0 bridgehead atoms. The van der Waals surface area contributed by atoms with E-state index in [1.54, 1.807) is 11.3 Å². The van der Waals surface area contributed by atoms with Crippen molar-refractivity contribution in [3.05, 3.63) is 23.4 Å². The van der Waals surface area contributed by atoms with E-state index < -0.39 is 0 Å². The van der Waals surface area contributed by atoms with Crippen LogP contribution < -0.4 is 0 Å². The van der Waals surface area contributed by atoms with E-state index in [0.717, 1.165) is 17.8 Å². The highest BCUT2D eigenvalue weighted by molar-refractivity contribution is 7.13. The molecule has 0 radical (unpaired) electrons. The van der Waals surface area contributed by atoms with Crippen molar-refractivity contribution in [2.75, 3.05) is 13.2 Å². The highest BCUT2D eigenvalue weighted by atomic mass is 32.1. The minimum Gasteiger partial charge on any atom is -0.419 e. The second kappa shape index (κ2) is 6.47. The number of hydrogen-bond donors (Lipinski definition) is 1. The molecule has 3 heterocycles. The van der Waals surface area contributed by atoms with Crippen LogP contribution in [0.1, 0.15) is 31.6 Å². The molecule has 5 nitrogen and oxygen atoms in total. The van der Waals surface area contributed by atoms with Gasteiger partial charge in [0.1, 0.15) is 0 Å². The first kappa shape index (κ1) is 13.7. The van der Waals surface area contributed by atoms with Gasteiger partial charge >= 0.3 is 0 Å². The third kappa shape index (κ3) is 3.08. The highest BCUT2D eigenvalue weighted by Gasteiger charge is 2.22. The van der Waals surface area contributed by atoms with Crippen LogP contribution >= 0.6 is 11.3 Å². The van der Waals surface area contributed by atoms with Crippen LogP contribution in [-0.2, 0) is 6.54 Å². The highest BCUT2D eigenvalue weighted by Crippen LogP contribution is 2.24. The van der Waals surface area contributed by atoms with E-state index in [2.05, 4.69) is 15.1 Å². The number of aliphatic hydroxyl groups excluding tert-OH is 1. The summed E-state index contributed by atoms with van der Waals surface area (Å²) in [5, 5.41) is 19.7. The van der Waals surface area contributed by atoms with Gasteiger partial charge in [0, 0.05) is 6.04 Å². The molecule has 20 heavy (non-hydrogen) atoms. The minimum absolute atomic E-state index is 0.200. The Balaban J connectivity index is 1.70. The minimum atomic E-state index is 0.200. The summed E-state index contributed by atoms with van der Waals surface area (Å²) in [5.74, 6) is 1.22. The number of aliphatic hydroxyl groups is 1. The number of rotatable bonds is 4. The van der Waals surface area contributed by atoms with Crippen LogP contribution in [0.3, 0.4) is 0 Å². The summed E-state index contributed by atoms with van der Waals surface area (Å²) in [6.45, 7) is 1.82. The van der Waals surface area contributed by atoms with E-state index in [-0.39, 0.29) is 12.6 Å². The fourth-order valence-corrected chi connectivity index (χ4v) is 3.29. The van der Waals surface area contributed by atoms with E-state index in [1.165, 1.54) is 19.3 Å². The van der Waals surface area contributed by atoms with Crippen LogP contribution in [0.25, 0.3) is 10.8 Å². The Morgan fingerprint density at radius 2 is 2.30 bits per heavy atom. The van der Waals surface area contributed by atoms with Crippen LogP contribution in [0.5, 0.6) is 0 Å². The van der Waals surface area contributed by atoms with Crippen molar-refractivity contribution in [3.63, 3.8) is 0 Å².